The molecular formula is C56H40N12+4. The van der Waals surface area contributed by atoms with E-state index in [1.807, 2.05) is 72.8 Å². The molecule has 0 atom stereocenters. The Bertz CT molecular complexity index is 3160. The number of rotatable bonds is 8. The Kier molecular flexibility index (Phi) is 9.44. The van der Waals surface area contributed by atoms with Gasteiger partial charge in [0, 0.05) is 115 Å². The quantitative estimate of drug-likeness (QED) is 0.163. The number of hydrogen-bond acceptors (Lipinski definition) is 8. The standard InChI is InChI=1S/C56H40N12/c1-5-21-65(22-6-1)33-37-13-17-41-45(29-37)53-57-49(41)62-54-47-31-39(35-67-25-9-3-10-26-67)15-19-43(47)51(59-54)64-56-48-32-40(36-68-27-11-4-12-28-68)16-20-44(48)52(60-56)63-55-46-30-38(34-66-23-7-2-8-24-66)14-18-42(46)50(58-55)61-53/h1-32H,33-36H2/q+4. The van der Waals surface area contributed by atoms with Crippen LogP contribution >= 0.6 is 0 Å². The van der Waals surface area contributed by atoms with Crippen molar-refractivity contribution >= 4 is 46.7 Å². The molecular weight excluding hydrogens is 841 g/mol. The lowest BCUT2D eigenvalue weighted by atomic mass is 10.0. The van der Waals surface area contributed by atoms with Crippen LogP contribution in [0.25, 0.3) is 0 Å². The number of fused-ring (bicyclic) bond motifs is 16. The molecule has 0 saturated heterocycles. The van der Waals surface area contributed by atoms with Gasteiger partial charge in [-0.15, -0.1) is 0 Å². The van der Waals surface area contributed by atoms with Crippen molar-refractivity contribution in [3.63, 3.8) is 0 Å². The molecule has 4 aromatic heterocycles. The SMILES string of the molecule is c1cc[n+](Cc2ccc3c(c2)C2=NC3=NC3=NC(=NC4=NC(=NC5=NC(=N2)c2ccc(C[n+]6ccccc6)cc25)c2ccc(C[n+]5ccccc5)cc24)c2ccc(C[n+]4ccccc4)cc23)cc1. The zero-order valence-corrected chi connectivity index (χ0v) is 36.7. The van der Waals surface area contributed by atoms with Gasteiger partial charge in [-0.25, -0.2) is 58.2 Å². The van der Waals surface area contributed by atoms with Crippen LogP contribution in [0.15, 0.2) is 235 Å². The largest absolute Gasteiger partial charge is 0.208 e. The van der Waals surface area contributed by atoms with Gasteiger partial charge in [0.1, 0.15) is 0 Å². The van der Waals surface area contributed by atoms with Crippen molar-refractivity contribution in [2.75, 3.05) is 0 Å². The molecule has 68 heavy (non-hydrogen) atoms. The predicted octanol–water partition coefficient (Wildman–Crippen LogP) is 6.17. The first kappa shape index (κ1) is 39.2. The van der Waals surface area contributed by atoms with E-state index in [2.05, 4.69) is 141 Å². The van der Waals surface area contributed by atoms with E-state index in [0.717, 1.165) is 66.8 Å². The Morgan fingerprint density at radius 1 is 0.221 bits per heavy atom. The second kappa shape index (κ2) is 16.4. The highest BCUT2D eigenvalue weighted by Gasteiger charge is 2.32. The van der Waals surface area contributed by atoms with Gasteiger partial charge >= 0.3 is 0 Å². The molecule has 0 unspecified atom stereocenters. The number of pyridine rings is 4. The van der Waals surface area contributed by atoms with Crippen LogP contribution in [0.3, 0.4) is 0 Å². The van der Waals surface area contributed by atoms with Gasteiger partial charge in [0.15, 0.2) is 122 Å². The monoisotopic (exact) mass is 880 g/mol. The lowest BCUT2D eigenvalue weighted by Crippen LogP contribution is -2.32. The Morgan fingerprint density at radius 2 is 0.412 bits per heavy atom. The number of nitrogens with zero attached hydrogens (tertiary/aromatic N) is 12. The first-order valence-electron chi connectivity index (χ1n) is 22.6. The summed E-state index contributed by atoms with van der Waals surface area (Å²) in [7, 11) is 0. The van der Waals surface area contributed by atoms with Crippen molar-refractivity contribution in [2.24, 2.45) is 39.9 Å². The Hall–Kier alpha value is -9.16. The summed E-state index contributed by atoms with van der Waals surface area (Å²) in [6.45, 7) is 2.70. The topological polar surface area (TPSA) is 114 Å². The van der Waals surface area contributed by atoms with Crippen molar-refractivity contribution in [1.82, 2.24) is 0 Å². The normalized spacial score (nSPS) is 14.8. The van der Waals surface area contributed by atoms with E-state index in [0.29, 0.717) is 72.9 Å². The molecule has 5 aliphatic rings. The van der Waals surface area contributed by atoms with Crippen molar-refractivity contribution in [3.05, 3.63) is 262 Å². The fourth-order valence-electron chi connectivity index (χ4n) is 9.25. The van der Waals surface area contributed by atoms with Gasteiger partial charge in [0.25, 0.3) is 0 Å². The van der Waals surface area contributed by atoms with Crippen LogP contribution in [0, 0.1) is 0 Å². The van der Waals surface area contributed by atoms with Gasteiger partial charge in [-0.3, -0.25) is 0 Å². The van der Waals surface area contributed by atoms with Crippen molar-refractivity contribution < 1.29 is 18.3 Å². The van der Waals surface area contributed by atoms with E-state index < -0.39 is 0 Å². The summed E-state index contributed by atoms with van der Waals surface area (Å²) in [6.07, 6.45) is 16.5. The molecule has 8 bridgehead atoms. The molecule has 0 aliphatic carbocycles. The van der Waals surface area contributed by atoms with Crippen molar-refractivity contribution in [3.8, 4) is 0 Å². The minimum Gasteiger partial charge on any atom is -0.208 e. The molecule has 0 radical (unpaired) electrons. The molecule has 8 aromatic rings. The van der Waals surface area contributed by atoms with Crippen LogP contribution in [-0.4, -0.2) is 46.7 Å². The molecule has 9 heterocycles. The smallest absolute Gasteiger partial charge is 0.173 e. The van der Waals surface area contributed by atoms with Crippen LogP contribution in [0.4, 0.5) is 0 Å². The van der Waals surface area contributed by atoms with Gasteiger partial charge in [-0.2, -0.15) is 0 Å². The molecule has 0 spiro atoms. The van der Waals surface area contributed by atoms with E-state index in [4.69, 9.17) is 39.9 Å². The average molecular weight is 881 g/mol. The highest BCUT2D eigenvalue weighted by Crippen LogP contribution is 2.31. The molecule has 13 rings (SSSR count). The maximum Gasteiger partial charge on any atom is 0.173 e. The second-order valence-electron chi connectivity index (χ2n) is 17.2. The molecule has 0 N–H and O–H groups in total. The molecule has 0 saturated carbocycles. The van der Waals surface area contributed by atoms with Gasteiger partial charge in [0.05, 0.1) is 0 Å². The molecule has 5 aliphatic heterocycles. The third kappa shape index (κ3) is 7.39. The molecule has 12 heteroatoms. The van der Waals surface area contributed by atoms with E-state index in [1.165, 1.54) is 0 Å². The maximum absolute atomic E-state index is 5.31. The van der Waals surface area contributed by atoms with Crippen LogP contribution < -0.4 is 18.3 Å². The van der Waals surface area contributed by atoms with Crippen molar-refractivity contribution in [2.45, 2.75) is 26.2 Å². The number of benzene rings is 4. The Balaban J connectivity index is 1.01. The maximum atomic E-state index is 5.31. The minimum atomic E-state index is 0.517. The summed E-state index contributed by atoms with van der Waals surface area (Å²) in [5.74, 6) is 4.15. The van der Waals surface area contributed by atoms with E-state index in [-0.39, 0.29) is 0 Å². The van der Waals surface area contributed by atoms with E-state index in [1.54, 1.807) is 0 Å². The summed E-state index contributed by atoms with van der Waals surface area (Å²) in [4.78, 5) is 42.1. The van der Waals surface area contributed by atoms with Crippen LogP contribution in [0.5, 0.6) is 0 Å². The highest BCUT2D eigenvalue weighted by atomic mass is 15.1. The summed E-state index contributed by atoms with van der Waals surface area (Å²) in [5.41, 5.74) is 11.3. The van der Waals surface area contributed by atoms with Gasteiger partial charge in [-0.1, -0.05) is 48.5 Å². The number of amidine groups is 8. The predicted molar refractivity (Wildman–Crippen MR) is 261 cm³/mol. The molecule has 12 nitrogen and oxygen atoms in total. The van der Waals surface area contributed by atoms with Crippen LogP contribution in [-0.2, 0) is 26.2 Å². The third-order valence-corrected chi connectivity index (χ3v) is 12.5. The van der Waals surface area contributed by atoms with E-state index in [9.17, 15) is 0 Å². The highest BCUT2D eigenvalue weighted by molar-refractivity contribution is 6.35. The summed E-state index contributed by atoms with van der Waals surface area (Å²) >= 11 is 0. The fourth-order valence-corrected chi connectivity index (χ4v) is 9.25. The summed E-state index contributed by atoms with van der Waals surface area (Å²) < 4.78 is 8.61. The third-order valence-electron chi connectivity index (χ3n) is 12.5. The Morgan fingerprint density at radius 3 is 0.618 bits per heavy atom. The first-order chi connectivity index (χ1) is 33.6. The number of aromatic nitrogens is 4. The lowest BCUT2D eigenvalue weighted by Gasteiger charge is -2.06. The zero-order valence-electron chi connectivity index (χ0n) is 36.7. The van der Waals surface area contributed by atoms with Crippen molar-refractivity contribution in [1.29, 1.82) is 0 Å². The number of aliphatic imine (C=N–C) groups is 8. The summed E-state index contributed by atoms with van der Waals surface area (Å²) in [5, 5.41) is 0. The molecule has 4 aromatic carbocycles. The van der Waals surface area contributed by atoms with Gasteiger partial charge in [0.2, 0.25) is 0 Å². The molecule has 0 fully saturated rings. The molecule has 0 amide bonds. The Labute approximate surface area is 391 Å². The lowest BCUT2D eigenvalue weighted by molar-refractivity contribution is -0.688. The van der Waals surface area contributed by atoms with Crippen LogP contribution in [0.2, 0.25) is 0 Å². The van der Waals surface area contributed by atoms with Crippen LogP contribution in [0.1, 0.15) is 66.8 Å². The number of hydrogen-bond donors (Lipinski definition) is 0. The first-order valence-corrected chi connectivity index (χ1v) is 22.6. The second-order valence-corrected chi connectivity index (χ2v) is 17.2. The zero-order chi connectivity index (χ0) is 45.0. The summed E-state index contributed by atoms with van der Waals surface area (Å²) in [6, 6.07) is 50.0. The van der Waals surface area contributed by atoms with E-state index >= 15 is 0 Å². The average Bonchev–Trinajstić information content (AvgIpc) is 4.10. The van der Waals surface area contributed by atoms with Gasteiger partial charge in [-0.05, 0) is 48.5 Å². The van der Waals surface area contributed by atoms with Gasteiger partial charge < -0.3 is 0 Å². The fraction of sp³-hybridized carbons (Fsp3) is 0.0714. The minimum absolute atomic E-state index is 0.517. The molecule has 320 valence electrons.